The van der Waals surface area contributed by atoms with E-state index in [1.165, 1.54) is 12.8 Å². The standard InChI is InChI=1S/C16H23NO3/c1-13(14-7-5-6-8-14)16(18)17-20-12-11-19-15-9-3-2-4-10-15/h2-4,9-10,13-14H,5-8,11-12H2,1H3,(H,17,18). The van der Waals surface area contributed by atoms with Crippen molar-refractivity contribution in [2.45, 2.75) is 32.6 Å². The summed E-state index contributed by atoms with van der Waals surface area (Å²) in [7, 11) is 0. The van der Waals surface area contributed by atoms with Gasteiger partial charge in [-0.15, -0.1) is 0 Å². The number of carbonyl (C=O) groups excluding carboxylic acids is 1. The Balaban J connectivity index is 1.57. The second-order valence-electron chi connectivity index (χ2n) is 5.31. The van der Waals surface area contributed by atoms with Crippen molar-refractivity contribution in [1.82, 2.24) is 5.48 Å². The Morgan fingerprint density at radius 2 is 1.95 bits per heavy atom. The minimum absolute atomic E-state index is 0.0170. The van der Waals surface area contributed by atoms with Crippen LogP contribution in [0.25, 0.3) is 0 Å². The second-order valence-corrected chi connectivity index (χ2v) is 5.31. The van der Waals surface area contributed by atoms with Gasteiger partial charge in [-0.3, -0.25) is 9.63 Å². The maximum atomic E-state index is 11.9. The topological polar surface area (TPSA) is 47.6 Å². The van der Waals surface area contributed by atoms with Crippen LogP contribution in [0.5, 0.6) is 5.75 Å². The quantitative estimate of drug-likeness (QED) is 0.616. The third kappa shape index (κ3) is 4.53. The lowest BCUT2D eigenvalue weighted by molar-refractivity contribution is -0.139. The average molecular weight is 277 g/mol. The van der Waals surface area contributed by atoms with Crippen LogP contribution in [0.4, 0.5) is 0 Å². The lowest BCUT2D eigenvalue weighted by atomic mass is 9.92. The summed E-state index contributed by atoms with van der Waals surface area (Å²) in [5.41, 5.74) is 2.53. The van der Waals surface area contributed by atoms with Crippen molar-refractivity contribution in [2.24, 2.45) is 11.8 Å². The van der Waals surface area contributed by atoms with Gasteiger partial charge in [0.05, 0.1) is 0 Å². The number of carbonyl (C=O) groups is 1. The Morgan fingerprint density at radius 1 is 1.25 bits per heavy atom. The maximum absolute atomic E-state index is 11.9. The van der Waals surface area contributed by atoms with E-state index < -0.39 is 0 Å². The number of hydrogen-bond donors (Lipinski definition) is 1. The molecule has 110 valence electrons. The van der Waals surface area contributed by atoms with E-state index in [-0.39, 0.29) is 11.8 Å². The molecule has 0 saturated heterocycles. The fraction of sp³-hybridized carbons (Fsp3) is 0.562. The molecular weight excluding hydrogens is 254 g/mol. The van der Waals surface area contributed by atoms with Crippen molar-refractivity contribution in [3.63, 3.8) is 0 Å². The van der Waals surface area contributed by atoms with Crippen molar-refractivity contribution < 1.29 is 14.4 Å². The van der Waals surface area contributed by atoms with Gasteiger partial charge in [0.25, 0.3) is 0 Å². The van der Waals surface area contributed by atoms with E-state index in [2.05, 4.69) is 5.48 Å². The molecule has 0 aliphatic heterocycles. The minimum Gasteiger partial charge on any atom is -0.491 e. The zero-order valence-corrected chi connectivity index (χ0v) is 12.0. The monoisotopic (exact) mass is 277 g/mol. The lowest BCUT2D eigenvalue weighted by Crippen LogP contribution is -2.33. The molecule has 1 atom stereocenters. The van der Waals surface area contributed by atoms with Crippen LogP contribution in [-0.4, -0.2) is 19.1 Å². The van der Waals surface area contributed by atoms with Gasteiger partial charge in [-0.25, -0.2) is 5.48 Å². The summed E-state index contributed by atoms with van der Waals surface area (Å²) >= 11 is 0. The number of rotatable bonds is 7. The van der Waals surface area contributed by atoms with E-state index in [1.807, 2.05) is 37.3 Å². The fourth-order valence-corrected chi connectivity index (χ4v) is 2.60. The molecule has 0 radical (unpaired) electrons. The molecule has 0 spiro atoms. The molecular formula is C16H23NO3. The highest BCUT2D eigenvalue weighted by Gasteiger charge is 2.26. The first-order chi connectivity index (χ1) is 9.77. The Hall–Kier alpha value is -1.55. The van der Waals surface area contributed by atoms with Crippen molar-refractivity contribution in [3.8, 4) is 5.75 Å². The number of nitrogens with one attached hydrogen (secondary N) is 1. The van der Waals surface area contributed by atoms with E-state index >= 15 is 0 Å². The number of para-hydroxylation sites is 1. The van der Waals surface area contributed by atoms with Gasteiger partial charge >= 0.3 is 0 Å². The molecule has 20 heavy (non-hydrogen) atoms. The summed E-state index contributed by atoms with van der Waals surface area (Å²) in [5.74, 6) is 1.34. The summed E-state index contributed by atoms with van der Waals surface area (Å²) < 4.78 is 5.47. The van der Waals surface area contributed by atoms with Crippen molar-refractivity contribution in [2.75, 3.05) is 13.2 Å². The maximum Gasteiger partial charge on any atom is 0.246 e. The van der Waals surface area contributed by atoms with Crippen LogP contribution in [0, 0.1) is 11.8 Å². The molecule has 1 aromatic carbocycles. The van der Waals surface area contributed by atoms with E-state index in [0.29, 0.717) is 19.1 Å². The van der Waals surface area contributed by atoms with Crippen LogP contribution in [0.2, 0.25) is 0 Å². The third-order valence-corrected chi connectivity index (χ3v) is 3.89. The summed E-state index contributed by atoms with van der Waals surface area (Å²) in [6.45, 7) is 2.75. The van der Waals surface area contributed by atoms with E-state index in [4.69, 9.17) is 9.57 Å². The molecule has 4 nitrogen and oxygen atoms in total. The van der Waals surface area contributed by atoms with Crippen molar-refractivity contribution in [3.05, 3.63) is 30.3 Å². The predicted molar refractivity (Wildman–Crippen MR) is 77.2 cm³/mol. The van der Waals surface area contributed by atoms with Gasteiger partial charge in [0, 0.05) is 5.92 Å². The molecule has 1 fully saturated rings. The molecule has 0 aromatic heterocycles. The summed E-state index contributed by atoms with van der Waals surface area (Å²) in [5, 5.41) is 0. The van der Waals surface area contributed by atoms with Gasteiger partial charge in [-0.1, -0.05) is 38.0 Å². The zero-order chi connectivity index (χ0) is 14.2. The van der Waals surface area contributed by atoms with Gasteiger partial charge in [-0.2, -0.15) is 0 Å². The molecule has 0 heterocycles. The molecule has 1 aliphatic rings. The molecule has 0 bridgehead atoms. The number of ether oxygens (including phenoxy) is 1. The Morgan fingerprint density at radius 3 is 2.65 bits per heavy atom. The number of benzene rings is 1. The molecule has 4 heteroatoms. The minimum atomic E-state index is -0.0170. The van der Waals surface area contributed by atoms with E-state index in [1.54, 1.807) is 0 Å². The molecule has 1 aliphatic carbocycles. The van der Waals surface area contributed by atoms with Crippen LogP contribution in [-0.2, 0) is 9.63 Å². The summed E-state index contributed by atoms with van der Waals surface area (Å²) in [6, 6.07) is 9.55. The van der Waals surface area contributed by atoms with Gasteiger partial charge in [-0.05, 0) is 30.9 Å². The van der Waals surface area contributed by atoms with Crippen LogP contribution >= 0.6 is 0 Å². The Kier molecular flexibility index (Phi) is 5.87. The number of hydroxylamine groups is 1. The fourth-order valence-electron chi connectivity index (χ4n) is 2.60. The molecule has 1 saturated carbocycles. The highest BCUT2D eigenvalue weighted by atomic mass is 16.7. The Bertz CT molecular complexity index is 401. The van der Waals surface area contributed by atoms with Gasteiger partial charge < -0.3 is 4.74 Å². The van der Waals surface area contributed by atoms with Crippen LogP contribution < -0.4 is 10.2 Å². The first-order valence-electron chi connectivity index (χ1n) is 7.37. The van der Waals surface area contributed by atoms with E-state index in [9.17, 15) is 4.79 Å². The highest BCUT2D eigenvalue weighted by molar-refractivity contribution is 5.77. The average Bonchev–Trinajstić information content (AvgIpc) is 3.01. The van der Waals surface area contributed by atoms with Gasteiger partial charge in [0.15, 0.2) is 0 Å². The largest absolute Gasteiger partial charge is 0.491 e. The van der Waals surface area contributed by atoms with Gasteiger partial charge in [0.1, 0.15) is 19.0 Å². The molecule has 1 N–H and O–H groups in total. The third-order valence-electron chi connectivity index (χ3n) is 3.89. The van der Waals surface area contributed by atoms with Crippen molar-refractivity contribution in [1.29, 1.82) is 0 Å². The number of amides is 1. The van der Waals surface area contributed by atoms with Gasteiger partial charge in [0.2, 0.25) is 5.91 Å². The molecule has 1 amide bonds. The highest BCUT2D eigenvalue weighted by Crippen LogP contribution is 2.31. The van der Waals surface area contributed by atoms with Crippen molar-refractivity contribution >= 4 is 5.91 Å². The normalized spacial score (nSPS) is 16.9. The van der Waals surface area contributed by atoms with Crippen LogP contribution in [0.15, 0.2) is 30.3 Å². The number of hydrogen-bond acceptors (Lipinski definition) is 3. The molecule has 1 unspecified atom stereocenters. The predicted octanol–water partition coefficient (Wildman–Crippen LogP) is 2.94. The second kappa shape index (κ2) is 7.90. The lowest BCUT2D eigenvalue weighted by Gasteiger charge is -2.17. The van der Waals surface area contributed by atoms with Crippen LogP contribution in [0.1, 0.15) is 32.6 Å². The molecule has 1 aromatic rings. The molecule has 2 rings (SSSR count). The van der Waals surface area contributed by atoms with Crippen LogP contribution in [0.3, 0.4) is 0 Å². The smallest absolute Gasteiger partial charge is 0.246 e. The summed E-state index contributed by atoms with van der Waals surface area (Å²) in [4.78, 5) is 17.1. The first kappa shape index (κ1) is 14.9. The Labute approximate surface area is 120 Å². The summed E-state index contributed by atoms with van der Waals surface area (Å²) in [6.07, 6.45) is 4.81. The SMILES string of the molecule is CC(C(=O)NOCCOc1ccccc1)C1CCCC1. The van der Waals surface area contributed by atoms with E-state index in [0.717, 1.165) is 18.6 Å². The zero-order valence-electron chi connectivity index (χ0n) is 12.0. The first-order valence-corrected chi connectivity index (χ1v) is 7.37.